The quantitative estimate of drug-likeness (QED) is 0.164. The van der Waals surface area contributed by atoms with Gasteiger partial charge in [0.25, 0.3) is 0 Å². The van der Waals surface area contributed by atoms with E-state index in [0.717, 1.165) is 11.2 Å². The Bertz CT molecular complexity index is 3750. The lowest BCUT2D eigenvalue weighted by molar-refractivity contribution is 0.669. The van der Waals surface area contributed by atoms with Gasteiger partial charge in [-0.25, -0.2) is 0 Å². The molecule has 0 aliphatic carbocycles. The van der Waals surface area contributed by atoms with Crippen LogP contribution < -0.4 is 0 Å². The van der Waals surface area contributed by atoms with Crippen LogP contribution in [-0.2, 0) is 0 Å². The molecule has 0 bridgehead atoms. The maximum Gasteiger partial charge on any atom is 0.136 e. The van der Waals surface area contributed by atoms with Gasteiger partial charge < -0.3 is 4.42 Å². The smallest absolute Gasteiger partial charge is 0.136 e. The molecule has 3 heterocycles. The fourth-order valence-electron chi connectivity index (χ4n) is 9.46. The molecule has 1 nitrogen and oxygen atoms in total. The van der Waals surface area contributed by atoms with E-state index in [1.165, 1.54) is 117 Å². The van der Waals surface area contributed by atoms with Crippen molar-refractivity contribution < 1.29 is 4.42 Å². The van der Waals surface area contributed by atoms with Crippen LogP contribution >= 0.6 is 22.7 Å². The van der Waals surface area contributed by atoms with Crippen LogP contribution in [0.5, 0.6) is 0 Å². The largest absolute Gasteiger partial charge is 0.456 e. The van der Waals surface area contributed by atoms with Gasteiger partial charge in [0.2, 0.25) is 0 Å². The molecule has 264 valence electrons. The van der Waals surface area contributed by atoms with Crippen molar-refractivity contribution in [3.05, 3.63) is 182 Å². The van der Waals surface area contributed by atoms with E-state index in [4.69, 9.17) is 4.42 Å². The van der Waals surface area contributed by atoms with Crippen LogP contribution in [0.4, 0.5) is 0 Å². The first-order chi connectivity index (χ1) is 28.2. The highest BCUT2D eigenvalue weighted by Gasteiger charge is 2.20. The summed E-state index contributed by atoms with van der Waals surface area (Å²) in [4.78, 5) is 0. The summed E-state index contributed by atoms with van der Waals surface area (Å²) in [6.45, 7) is 0. The molecule has 0 radical (unpaired) electrons. The number of rotatable bonds is 3. The summed E-state index contributed by atoms with van der Waals surface area (Å²) in [6, 6.07) is 67.3. The minimum atomic E-state index is 0.942. The summed E-state index contributed by atoms with van der Waals surface area (Å²) in [5, 5.41) is 15.2. The van der Waals surface area contributed by atoms with Gasteiger partial charge in [0.1, 0.15) is 11.2 Å². The maximum absolute atomic E-state index is 6.23. The molecule has 3 heteroatoms. The van der Waals surface area contributed by atoms with Crippen molar-refractivity contribution in [2.45, 2.75) is 0 Å². The predicted octanol–water partition coefficient (Wildman–Crippen LogP) is 16.8. The van der Waals surface area contributed by atoms with E-state index < -0.39 is 0 Å². The number of thiophene rings is 2. The SMILES string of the molecule is c1ccc2c(c1)oc1cc3sc4cc5cc(-c6ccc(-c7c8ccccc8c(-c8cccc9sc%10ccccc%10c89)c8ccccc78)cc6)ccc5cc4c3cc12. The second-order valence-corrected chi connectivity index (χ2v) is 17.3. The summed E-state index contributed by atoms with van der Waals surface area (Å²) < 4.78 is 11.4. The van der Waals surface area contributed by atoms with Gasteiger partial charge in [-0.05, 0) is 114 Å². The Morgan fingerprint density at radius 2 is 0.895 bits per heavy atom. The fraction of sp³-hybridized carbons (Fsp3) is 0. The molecule has 0 spiro atoms. The van der Waals surface area contributed by atoms with Gasteiger partial charge in [-0.15, -0.1) is 22.7 Å². The Morgan fingerprint density at radius 3 is 1.68 bits per heavy atom. The maximum atomic E-state index is 6.23. The molecule has 13 rings (SSSR count). The molecule has 0 unspecified atom stereocenters. The van der Waals surface area contributed by atoms with Crippen LogP contribution in [0.15, 0.2) is 186 Å². The summed E-state index contributed by atoms with van der Waals surface area (Å²) in [5.41, 5.74) is 9.44. The third-order valence-electron chi connectivity index (χ3n) is 12.0. The van der Waals surface area contributed by atoms with Crippen LogP contribution in [-0.4, -0.2) is 0 Å². The lowest BCUT2D eigenvalue weighted by Gasteiger charge is -2.18. The van der Waals surface area contributed by atoms with Crippen LogP contribution in [0.2, 0.25) is 0 Å². The van der Waals surface area contributed by atoms with E-state index in [0.29, 0.717) is 0 Å². The molecule has 13 aromatic rings. The third-order valence-corrected chi connectivity index (χ3v) is 14.3. The lowest BCUT2D eigenvalue weighted by atomic mass is 9.84. The standard InChI is InChI=1S/C54H30OS2/c1-3-13-39-37(11-1)52(38-12-2-4-14-40(38)53(39)42-16-9-19-49-54(42)41-15-6-8-18-48(41)56-49)32-22-20-31(21-23-32)33-24-25-34-27-44-45-29-43-36-10-5-7-17-46(36)55-47(43)30-51(45)57-50(44)28-35(34)26-33/h1-30H. The molecule has 0 N–H and O–H groups in total. The molecule has 0 saturated heterocycles. The summed E-state index contributed by atoms with van der Waals surface area (Å²) >= 11 is 3.73. The summed E-state index contributed by atoms with van der Waals surface area (Å²) in [5.74, 6) is 0. The zero-order chi connectivity index (χ0) is 37.2. The second kappa shape index (κ2) is 11.9. The van der Waals surface area contributed by atoms with Crippen molar-refractivity contribution in [3.8, 4) is 33.4 Å². The van der Waals surface area contributed by atoms with E-state index in [1.807, 2.05) is 28.7 Å². The number of furan rings is 1. The molecule has 3 aromatic heterocycles. The Hall–Kier alpha value is -6.78. The Kier molecular flexibility index (Phi) is 6.54. The minimum Gasteiger partial charge on any atom is -0.456 e. The molecule has 0 amide bonds. The zero-order valence-corrected chi connectivity index (χ0v) is 32.2. The average molecular weight is 759 g/mol. The van der Waals surface area contributed by atoms with Gasteiger partial charge in [0.15, 0.2) is 0 Å². The van der Waals surface area contributed by atoms with E-state index in [9.17, 15) is 0 Å². The van der Waals surface area contributed by atoms with Gasteiger partial charge in [-0.2, -0.15) is 0 Å². The van der Waals surface area contributed by atoms with E-state index in [-0.39, 0.29) is 0 Å². The average Bonchev–Trinajstić information content (AvgIpc) is 3.94. The number of benzene rings is 10. The van der Waals surface area contributed by atoms with Gasteiger partial charge >= 0.3 is 0 Å². The molecule has 0 aliphatic rings. The zero-order valence-electron chi connectivity index (χ0n) is 30.5. The number of hydrogen-bond acceptors (Lipinski definition) is 3. The molecular formula is C54H30OS2. The number of hydrogen-bond donors (Lipinski definition) is 0. The number of fused-ring (bicyclic) bond motifs is 12. The van der Waals surface area contributed by atoms with Crippen molar-refractivity contribution in [2.24, 2.45) is 0 Å². The van der Waals surface area contributed by atoms with Crippen molar-refractivity contribution in [1.82, 2.24) is 0 Å². The van der Waals surface area contributed by atoms with Crippen molar-refractivity contribution in [2.75, 3.05) is 0 Å². The van der Waals surface area contributed by atoms with Gasteiger partial charge in [-0.3, -0.25) is 0 Å². The predicted molar refractivity (Wildman–Crippen MR) is 248 cm³/mol. The topological polar surface area (TPSA) is 13.1 Å². The molecule has 0 fully saturated rings. The van der Waals surface area contributed by atoms with Gasteiger partial charge in [0.05, 0.1) is 0 Å². The van der Waals surface area contributed by atoms with Crippen LogP contribution in [0.25, 0.3) is 128 Å². The monoisotopic (exact) mass is 758 g/mol. The molecular weight excluding hydrogens is 729 g/mol. The molecule has 0 atom stereocenters. The minimum absolute atomic E-state index is 0.942. The van der Waals surface area contributed by atoms with Crippen molar-refractivity contribution in [1.29, 1.82) is 0 Å². The lowest BCUT2D eigenvalue weighted by Crippen LogP contribution is -1.91. The van der Waals surface area contributed by atoms with Gasteiger partial charge in [-0.1, -0.05) is 133 Å². The Morgan fingerprint density at radius 1 is 0.298 bits per heavy atom. The number of para-hydroxylation sites is 1. The normalized spacial score (nSPS) is 12.2. The van der Waals surface area contributed by atoms with Crippen LogP contribution in [0.3, 0.4) is 0 Å². The first-order valence-electron chi connectivity index (χ1n) is 19.4. The molecule has 57 heavy (non-hydrogen) atoms. The first kappa shape index (κ1) is 31.4. The highest BCUT2D eigenvalue weighted by Crippen LogP contribution is 2.48. The Labute approximate surface area is 335 Å². The second-order valence-electron chi connectivity index (χ2n) is 15.2. The molecule has 0 aliphatic heterocycles. The van der Waals surface area contributed by atoms with Gasteiger partial charge in [0, 0.05) is 51.1 Å². The highest BCUT2D eigenvalue weighted by atomic mass is 32.1. The summed E-state index contributed by atoms with van der Waals surface area (Å²) in [7, 11) is 0. The Balaban J connectivity index is 0.934. The summed E-state index contributed by atoms with van der Waals surface area (Å²) in [6.07, 6.45) is 0. The van der Waals surface area contributed by atoms with E-state index >= 15 is 0 Å². The fourth-order valence-corrected chi connectivity index (χ4v) is 11.7. The third kappa shape index (κ3) is 4.61. The molecule has 10 aromatic carbocycles. The van der Waals surface area contributed by atoms with Crippen molar-refractivity contribution in [3.63, 3.8) is 0 Å². The first-order valence-corrected chi connectivity index (χ1v) is 21.0. The van der Waals surface area contributed by atoms with Crippen LogP contribution in [0, 0.1) is 0 Å². The van der Waals surface area contributed by atoms with E-state index in [2.05, 4.69) is 176 Å². The van der Waals surface area contributed by atoms with Crippen molar-refractivity contribution >= 4 is 117 Å². The van der Waals surface area contributed by atoms with E-state index in [1.54, 1.807) is 0 Å². The highest BCUT2D eigenvalue weighted by molar-refractivity contribution is 7.26. The van der Waals surface area contributed by atoms with Crippen LogP contribution in [0.1, 0.15) is 0 Å². The molecule has 0 saturated carbocycles.